The molecule has 1 aliphatic rings. The first-order chi connectivity index (χ1) is 15.2. The van der Waals surface area contributed by atoms with Gasteiger partial charge in [-0.1, -0.05) is 66.7 Å². The van der Waals surface area contributed by atoms with Gasteiger partial charge in [0.15, 0.2) is 0 Å². The molecule has 0 radical (unpaired) electrons. The first kappa shape index (κ1) is 20.6. The van der Waals surface area contributed by atoms with Crippen molar-refractivity contribution in [1.29, 1.82) is 5.26 Å². The fourth-order valence-electron chi connectivity index (χ4n) is 4.31. The Morgan fingerprint density at radius 1 is 1.03 bits per heavy atom. The van der Waals surface area contributed by atoms with Gasteiger partial charge < -0.3 is 14.7 Å². The zero-order chi connectivity index (χ0) is 21.8. The maximum Gasteiger partial charge on any atom is 0.228 e. The molecule has 3 atom stereocenters. The number of aliphatic hydroxyl groups is 1. The summed E-state index contributed by atoms with van der Waals surface area (Å²) >= 11 is 0. The average molecular weight is 412 g/mol. The Morgan fingerprint density at radius 3 is 2.42 bits per heavy atom. The van der Waals surface area contributed by atoms with Crippen LogP contribution in [0, 0.1) is 11.3 Å². The Kier molecular flexibility index (Phi) is 6.01. The summed E-state index contributed by atoms with van der Waals surface area (Å²) in [5, 5.41) is 19.8. The molecular formula is C26H24N2O3. The molecular weight excluding hydrogens is 388 g/mol. The monoisotopic (exact) mass is 412 g/mol. The Bertz CT molecular complexity index is 1090. The Balaban J connectivity index is 1.53. The number of rotatable bonds is 6. The van der Waals surface area contributed by atoms with Gasteiger partial charge in [0.2, 0.25) is 5.91 Å². The lowest BCUT2D eigenvalue weighted by Crippen LogP contribution is -2.65. The fraction of sp³-hybridized carbons (Fsp3) is 0.231. The first-order valence-electron chi connectivity index (χ1n) is 10.3. The minimum Gasteiger partial charge on any atom is -0.497 e. The largest absolute Gasteiger partial charge is 0.497 e. The molecule has 1 saturated heterocycles. The predicted molar refractivity (Wildman–Crippen MR) is 118 cm³/mol. The van der Waals surface area contributed by atoms with Crippen LogP contribution >= 0.6 is 0 Å². The summed E-state index contributed by atoms with van der Waals surface area (Å²) in [6.07, 6.45) is 0.219. The summed E-state index contributed by atoms with van der Waals surface area (Å²) in [6, 6.07) is 26.5. The molecule has 3 aromatic rings. The predicted octanol–water partition coefficient (Wildman–Crippen LogP) is 3.78. The van der Waals surface area contributed by atoms with Gasteiger partial charge in [-0.25, -0.2) is 0 Å². The van der Waals surface area contributed by atoms with Gasteiger partial charge in [0.1, 0.15) is 11.8 Å². The molecule has 31 heavy (non-hydrogen) atoms. The van der Waals surface area contributed by atoms with Crippen molar-refractivity contribution in [1.82, 2.24) is 4.90 Å². The van der Waals surface area contributed by atoms with Crippen LogP contribution in [0.1, 0.15) is 17.0 Å². The highest BCUT2D eigenvalue weighted by Gasteiger charge is 2.51. The molecule has 1 aliphatic heterocycles. The van der Waals surface area contributed by atoms with E-state index >= 15 is 0 Å². The van der Waals surface area contributed by atoms with E-state index in [0.717, 1.165) is 28.0 Å². The van der Waals surface area contributed by atoms with E-state index in [9.17, 15) is 15.2 Å². The molecule has 0 aromatic heterocycles. The standard InChI is InChI=1S/C26H24N2O3/c1-31-22-9-5-8-21(15-22)19-10-12-20(13-11-19)26-23(16-27)28(24(26)17-29)25(30)14-18-6-3-2-4-7-18/h2-13,15,23-24,26,29H,14,17H2,1H3/t23-,24-,26+/m0/s1. The van der Waals surface area contributed by atoms with E-state index in [-0.39, 0.29) is 24.9 Å². The molecule has 1 N–H and O–H groups in total. The van der Waals surface area contributed by atoms with Gasteiger partial charge in [-0.15, -0.1) is 0 Å². The summed E-state index contributed by atoms with van der Waals surface area (Å²) in [5.74, 6) is 0.438. The van der Waals surface area contributed by atoms with Crippen LogP contribution in [0.2, 0.25) is 0 Å². The number of carbonyl (C=O) groups is 1. The number of nitrogens with zero attached hydrogens (tertiary/aromatic N) is 2. The maximum atomic E-state index is 12.9. The number of ether oxygens (including phenoxy) is 1. The lowest BCUT2D eigenvalue weighted by Gasteiger charge is -2.51. The van der Waals surface area contributed by atoms with E-state index in [1.54, 1.807) is 7.11 Å². The maximum absolute atomic E-state index is 12.9. The van der Waals surface area contributed by atoms with Crippen LogP contribution in [0.5, 0.6) is 5.75 Å². The number of likely N-dealkylation sites (tertiary alicyclic amines) is 1. The number of aliphatic hydroxyl groups excluding tert-OH is 1. The average Bonchev–Trinajstić information content (AvgIpc) is 2.80. The second kappa shape index (κ2) is 9.03. The summed E-state index contributed by atoms with van der Waals surface area (Å²) < 4.78 is 5.30. The minimum atomic E-state index is -0.587. The highest BCUT2D eigenvalue weighted by atomic mass is 16.5. The molecule has 3 aromatic carbocycles. The third-order valence-electron chi connectivity index (χ3n) is 5.92. The molecule has 1 fully saturated rings. The van der Waals surface area contributed by atoms with Crippen molar-refractivity contribution in [2.24, 2.45) is 0 Å². The van der Waals surface area contributed by atoms with E-state index in [1.807, 2.05) is 78.9 Å². The van der Waals surface area contributed by atoms with Crippen LogP contribution < -0.4 is 4.74 Å². The van der Waals surface area contributed by atoms with Gasteiger partial charge in [0.25, 0.3) is 0 Å². The third kappa shape index (κ3) is 4.03. The number of methoxy groups -OCH3 is 1. The lowest BCUT2D eigenvalue weighted by molar-refractivity contribution is -0.146. The molecule has 156 valence electrons. The molecule has 0 spiro atoms. The number of carbonyl (C=O) groups excluding carboxylic acids is 1. The molecule has 0 bridgehead atoms. The number of benzene rings is 3. The molecule has 5 nitrogen and oxygen atoms in total. The van der Waals surface area contributed by atoms with Crippen molar-refractivity contribution >= 4 is 5.91 Å². The summed E-state index contributed by atoms with van der Waals surface area (Å²) in [7, 11) is 1.64. The van der Waals surface area contributed by atoms with E-state index in [4.69, 9.17) is 4.74 Å². The van der Waals surface area contributed by atoms with Crippen LogP contribution in [0.25, 0.3) is 11.1 Å². The highest BCUT2D eigenvalue weighted by Crippen LogP contribution is 2.41. The molecule has 1 amide bonds. The topological polar surface area (TPSA) is 73.6 Å². The normalized spacial score (nSPS) is 19.9. The molecule has 4 rings (SSSR count). The second-order valence-corrected chi connectivity index (χ2v) is 7.67. The molecule has 0 unspecified atom stereocenters. The summed E-state index contributed by atoms with van der Waals surface area (Å²) in [4.78, 5) is 14.4. The van der Waals surface area contributed by atoms with Crippen LogP contribution in [0.4, 0.5) is 0 Å². The second-order valence-electron chi connectivity index (χ2n) is 7.67. The Labute approximate surface area is 182 Å². The van der Waals surface area contributed by atoms with Crippen LogP contribution in [0.3, 0.4) is 0 Å². The first-order valence-corrected chi connectivity index (χ1v) is 10.3. The number of hydrogen-bond acceptors (Lipinski definition) is 4. The van der Waals surface area contributed by atoms with Crippen molar-refractivity contribution in [3.63, 3.8) is 0 Å². The zero-order valence-corrected chi connectivity index (χ0v) is 17.3. The lowest BCUT2D eigenvalue weighted by atomic mass is 9.75. The number of nitriles is 1. The van der Waals surface area contributed by atoms with Gasteiger partial charge in [0, 0.05) is 5.92 Å². The van der Waals surface area contributed by atoms with Gasteiger partial charge >= 0.3 is 0 Å². The molecule has 0 aliphatic carbocycles. The van der Waals surface area contributed by atoms with Crippen LogP contribution in [0.15, 0.2) is 78.9 Å². The van der Waals surface area contributed by atoms with Crippen molar-refractivity contribution < 1.29 is 14.6 Å². The van der Waals surface area contributed by atoms with Gasteiger partial charge in [-0.05, 0) is 34.4 Å². The molecule has 0 saturated carbocycles. The number of hydrogen-bond donors (Lipinski definition) is 1. The zero-order valence-electron chi connectivity index (χ0n) is 17.3. The third-order valence-corrected chi connectivity index (χ3v) is 5.92. The Morgan fingerprint density at radius 2 is 1.77 bits per heavy atom. The Hall–Kier alpha value is -3.62. The van der Waals surface area contributed by atoms with E-state index < -0.39 is 12.1 Å². The summed E-state index contributed by atoms with van der Waals surface area (Å²) in [6.45, 7) is -0.180. The fourth-order valence-corrected chi connectivity index (χ4v) is 4.31. The quantitative estimate of drug-likeness (QED) is 0.669. The number of amides is 1. The smallest absolute Gasteiger partial charge is 0.228 e. The van der Waals surface area contributed by atoms with E-state index in [2.05, 4.69) is 6.07 Å². The van der Waals surface area contributed by atoms with Crippen molar-refractivity contribution in [3.8, 4) is 22.9 Å². The minimum absolute atomic E-state index is 0.138. The van der Waals surface area contributed by atoms with Gasteiger partial charge in [-0.2, -0.15) is 5.26 Å². The van der Waals surface area contributed by atoms with E-state index in [0.29, 0.717) is 0 Å². The highest BCUT2D eigenvalue weighted by molar-refractivity contribution is 5.81. The van der Waals surface area contributed by atoms with Crippen molar-refractivity contribution in [2.75, 3.05) is 13.7 Å². The molecule has 5 heteroatoms. The van der Waals surface area contributed by atoms with Crippen molar-refractivity contribution in [2.45, 2.75) is 24.4 Å². The molecule has 1 heterocycles. The van der Waals surface area contributed by atoms with Gasteiger partial charge in [0.05, 0.1) is 32.2 Å². The summed E-state index contributed by atoms with van der Waals surface area (Å²) in [5.41, 5.74) is 3.91. The van der Waals surface area contributed by atoms with Gasteiger partial charge in [-0.3, -0.25) is 4.79 Å². The van der Waals surface area contributed by atoms with Crippen LogP contribution in [-0.4, -0.2) is 41.7 Å². The van der Waals surface area contributed by atoms with Crippen LogP contribution in [-0.2, 0) is 11.2 Å². The SMILES string of the molecule is COc1cccc(-c2ccc([C@@H]3[C@H](C#N)N(C(=O)Cc4ccccc4)[C@H]3CO)cc2)c1. The van der Waals surface area contributed by atoms with E-state index in [1.165, 1.54) is 4.90 Å². The van der Waals surface area contributed by atoms with Crippen molar-refractivity contribution in [3.05, 3.63) is 90.0 Å².